The SMILES string of the molecule is CCC(C(=O)O)n1c2c(c3cc(F)ccc31)C[C@@H](N(C)C(=O)COc1ccc(Cl)cc1)CC2. The third-order valence-corrected chi connectivity index (χ3v) is 6.69. The molecule has 0 saturated heterocycles. The van der Waals surface area contributed by atoms with Gasteiger partial charge in [0.15, 0.2) is 6.61 Å². The molecular weight excluding hydrogens is 447 g/mol. The van der Waals surface area contributed by atoms with E-state index in [1.165, 1.54) is 12.1 Å². The minimum absolute atomic E-state index is 0.0916. The number of carboxylic acids is 1. The van der Waals surface area contributed by atoms with E-state index in [0.29, 0.717) is 41.8 Å². The highest BCUT2D eigenvalue weighted by molar-refractivity contribution is 6.30. The fraction of sp³-hybridized carbons (Fsp3) is 0.360. The quantitative estimate of drug-likeness (QED) is 0.532. The second-order valence-corrected chi connectivity index (χ2v) is 8.80. The third-order valence-electron chi connectivity index (χ3n) is 6.44. The van der Waals surface area contributed by atoms with Gasteiger partial charge < -0.3 is 19.3 Å². The van der Waals surface area contributed by atoms with Crippen molar-refractivity contribution in [2.24, 2.45) is 0 Å². The van der Waals surface area contributed by atoms with Gasteiger partial charge in [-0.05, 0) is 73.7 Å². The van der Waals surface area contributed by atoms with Crippen molar-refractivity contribution >= 4 is 34.4 Å². The summed E-state index contributed by atoms with van der Waals surface area (Å²) in [5, 5.41) is 11.1. The highest BCUT2D eigenvalue weighted by Crippen LogP contribution is 2.37. The molecule has 2 atom stereocenters. The number of aromatic nitrogens is 1. The van der Waals surface area contributed by atoms with Crippen molar-refractivity contribution in [2.75, 3.05) is 13.7 Å². The van der Waals surface area contributed by atoms with Crippen molar-refractivity contribution < 1.29 is 23.8 Å². The van der Waals surface area contributed by atoms with Gasteiger partial charge >= 0.3 is 5.97 Å². The number of ether oxygens (including phenoxy) is 1. The van der Waals surface area contributed by atoms with Gasteiger partial charge in [-0.15, -0.1) is 0 Å². The molecule has 0 fully saturated rings. The second kappa shape index (κ2) is 9.43. The molecule has 1 aromatic heterocycles. The maximum atomic E-state index is 14.1. The first-order valence-electron chi connectivity index (χ1n) is 11.0. The van der Waals surface area contributed by atoms with Crippen LogP contribution in [0.25, 0.3) is 10.9 Å². The zero-order valence-corrected chi connectivity index (χ0v) is 19.3. The van der Waals surface area contributed by atoms with Gasteiger partial charge in [-0.2, -0.15) is 0 Å². The Kier molecular flexibility index (Phi) is 6.61. The number of carbonyl (C=O) groups is 2. The van der Waals surface area contributed by atoms with Crippen LogP contribution < -0.4 is 4.74 Å². The van der Waals surface area contributed by atoms with Crippen LogP contribution in [0.1, 0.15) is 37.1 Å². The van der Waals surface area contributed by atoms with E-state index in [2.05, 4.69) is 0 Å². The van der Waals surface area contributed by atoms with Crippen LogP contribution in [0.5, 0.6) is 5.75 Å². The van der Waals surface area contributed by atoms with Gasteiger partial charge in [-0.1, -0.05) is 18.5 Å². The van der Waals surface area contributed by atoms with E-state index in [0.717, 1.165) is 16.8 Å². The van der Waals surface area contributed by atoms with E-state index in [1.807, 2.05) is 11.5 Å². The summed E-state index contributed by atoms with van der Waals surface area (Å²) < 4.78 is 21.6. The molecule has 33 heavy (non-hydrogen) atoms. The van der Waals surface area contributed by atoms with Gasteiger partial charge in [-0.3, -0.25) is 4.79 Å². The molecule has 0 spiro atoms. The number of nitrogens with zero attached hydrogens (tertiary/aromatic N) is 2. The Morgan fingerprint density at radius 2 is 2.00 bits per heavy atom. The molecule has 4 rings (SSSR count). The molecule has 3 aromatic rings. The molecule has 0 bridgehead atoms. The number of carbonyl (C=O) groups excluding carboxylic acids is 1. The largest absolute Gasteiger partial charge is 0.484 e. The van der Waals surface area contributed by atoms with Crippen molar-refractivity contribution in [1.82, 2.24) is 9.47 Å². The van der Waals surface area contributed by atoms with Crippen LogP contribution >= 0.6 is 11.6 Å². The first-order chi connectivity index (χ1) is 15.8. The Morgan fingerprint density at radius 1 is 1.27 bits per heavy atom. The molecule has 2 aromatic carbocycles. The molecule has 0 aliphatic heterocycles. The van der Waals surface area contributed by atoms with Crippen LogP contribution in [-0.4, -0.2) is 46.1 Å². The molecule has 1 aliphatic rings. The highest BCUT2D eigenvalue weighted by atomic mass is 35.5. The lowest BCUT2D eigenvalue weighted by Gasteiger charge is -2.32. The monoisotopic (exact) mass is 472 g/mol. The predicted molar refractivity (Wildman–Crippen MR) is 124 cm³/mol. The molecular formula is C25H26ClFN2O4. The van der Waals surface area contributed by atoms with Gasteiger partial charge in [0.05, 0.1) is 0 Å². The number of carboxylic acid groups (broad SMARTS) is 1. The predicted octanol–water partition coefficient (Wildman–Crippen LogP) is 4.86. The lowest BCUT2D eigenvalue weighted by atomic mass is 9.90. The first kappa shape index (κ1) is 23.1. The van der Waals surface area contributed by atoms with Crippen LogP contribution in [-0.2, 0) is 22.4 Å². The molecule has 6 nitrogen and oxygen atoms in total. The van der Waals surface area contributed by atoms with Crippen molar-refractivity contribution in [1.29, 1.82) is 0 Å². The Balaban J connectivity index is 1.58. The second-order valence-electron chi connectivity index (χ2n) is 8.36. The number of halogens is 2. The van der Waals surface area contributed by atoms with Crippen LogP contribution in [0, 0.1) is 5.82 Å². The third kappa shape index (κ3) is 4.55. The molecule has 174 valence electrons. The van der Waals surface area contributed by atoms with Crippen molar-refractivity contribution in [3.05, 3.63) is 64.6 Å². The molecule has 8 heteroatoms. The zero-order valence-electron chi connectivity index (χ0n) is 18.6. The van der Waals surface area contributed by atoms with Crippen LogP contribution in [0.3, 0.4) is 0 Å². The van der Waals surface area contributed by atoms with Crippen LogP contribution in [0.2, 0.25) is 5.02 Å². The smallest absolute Gasteiger partial charge is 0.326 e. The number of benzene rings is 2. The molecule has 1 aliphatic carbocycles. The van der Waals surface area contributed by atoms with Crippen molar-refractivity contribution in [2.45, 2.75) is 44.7 Å². The van der Waals surface area contributed by atoms with E-state index < -0.39 is 12.0 Å². The average Bonchev–Trinajstić information content (AvgIpc) is 3.11. The summed E-state index contributed by atoms with van der Waals surface area (Å²) in [7, 11) is 1.75. The molecule has 1 N–H and O–H groups in total. The standard InChI is InChI=1S/C25H26ClFN2O4/c1-3-21(25(31)32)29-22-10-6-16(27)12-19(22)20-13-17(7-11-23(20)29)28(2)24(30)14-33-18-8-4-15(26)5-9-18/h4-6,8-10,12,17,21H,3,7,11,13-14H2,1-2H3,(H,31,32)/t17-,21?/m0/s1. The number of likely N-dealkylation sites (N-methyl/N-ethyl adjacent to an activating group) is 1. The van der Waals surface area contributed by atoms with Gasteiger partial charge in [0.25, 0.3) is 5.91 Å². The van der Waals surface area contributed by atoms with E-state index in [4.69, 9.17) is 16.3 Å². The van der Waals surface area contributed by atoms with Crippen LogP contribution in [0.15, 0.2) is 42.5 Å². The summed E-state index contributed by atoms with van der Waals surface area (Å²) >= 11 is 5.88. The Bertz CT molecular complexity index is 1190. The molecule has 1 unspecified atom stereocenters. The summed E-state index contributed by atoms with van der Waals surface area (Å²) in [6.07, 6.45) is 2.25. The number of rotatable bonds is 7. The summed E-state index contributed by atoms with van der Waals surface area (Å²) in [5.41, 5.74) is 2.55. The number of aliphatic carboxylic acids is 1. The van der Waals surface area contributed by atoms with E-state index in [-0.39, 0.29) is 24.4 Å². The number of hydrogen-bond acceptors (Lipinski definition) is 3. The summed E-state index contributed by atoms with van der Waals surface area (Å²) in [5.74, 6) is -0.876. The van der Waals surface area contributed by atoms with E-state index in [1.54, 1.807) is 42.3 Å². The fourth-order valence-electron chi connectivity index (χ4n) is 4.68. The minimum atomic E-state index is -0.907. The van der Waals surface area contributed by atoms with Crippen molar-refractivity contribution in [3.63, 3.8) is 0 Å². The number of fused-ring (bicyclic) bond motifs is 3. The molecule has 0 saturated carbocycles. The lowest BCUT2D eigenvalue weighted by molar-refractivity contribution is -0.141. The lowest BCUT2D eigenvalue weighted by Crippen LogP contribution is -2.43. The van der Waals surface area contributed by atoms with Crippen LogP contribution in [0.4, 0.5) is 4.39 Å². The zero-order chi connectivity index (χ0) is 23.7. The maximum Gasteiger partial charge on any atom is 0.326 e. The van der Waals surface area contributed by atoms with Gasteiger partial charge in [0.1, 0.15) is 17.6 Å². The van der Waals surface area contributed by atoms with Crippen molar-refractivity contribution in [3.8, 4) is 5.75 Å². The Morgan fingerprint density at radius 3 is 2.67 bits per heavy atom. The minimum Gasteiger partial charge on any atom is -0.484 e. The summed E-state index contributed by atoms with van der Waals surface area (Å²) in [6.45, 7) is 1.73. The summed E-state index contributed by atoms with van der Waals surface area (Å²) in [6, 6.07) is 10.5. The molecule has 1 amide bonds. The Labute approximate surface area is 196 Å². The maximum absolute atomic E-state index is 14.1. The fourth-order valence-corrected chi connectivity index (χ4v) is 4.81. The van der Waals surface area contributed by atoms with Gasteiger partial charge in [0.2, 0.25) is 0 Å². The normalized spacial score (nSPS) is 16.3. The number of hydrogen-bond donors (Lipinski definition) is 1. The topological polar surface area (TPSA) is 71.8 Å². The van der Waals surface area contributed by atoms with Gasteiger partial charge in [0, 0.05) is 34.7 Å². The van der Waals surface area contributed by atoms with E-state index >= 15 is 0 Å². The number of amides is 1. The average molecular weight is 473 g/mol. The Hall–Kier alpha value is -3.06. The highest BCUT2D eigenvalue weighted by Gasteiger charge is 2.32. The molecule has 0 radical (unpaired) electrons. The summed E-state index contributed by atoms with van der Waals surface area (Å²) in [4.78, 5) is 26.4. The first-order valence-corrected chi connectivity index (χ1v) is 11.4. The molecule has 1 heterocycles. The van der Waals surface area contributed by atoms with E-state index in [9.17, 15) is 19.1 Å². The van der Waals surface area contributed by atoms with Gasteiger partial charge in [-0.25, -0.2) is 9.18 Å².